The van der Waals surface area contributed by atoms with Crippen LogP contribution >= 0.6 is 0 Å². The van der Waals surface area contributed by atoms with E-state index < -0.39 is 0 Å². The van der Waals surface area contributed by atoms with Gasteiger partial charge in [0.15, 0.2) is 0 Å². The quantitative estimate of drug-likeness (QED) is 0.623. The zero-order chi connectivity index (χ0) is 13.1. The Balaban J connectivity index is 2.07. The van der Waals surface area contributed by atoms with E-state index in [1.807, 2.05) is 0 Å². The summed E-state index contributed by atoms with van der Waals surface area (Å²) >= 11 is 0. The van der Waals surface area contributed by atoms with Crippen LogP contribution in [0, 0.1) is 5.92 Å². The van der Waals surface area contributed by atoms with Crippen molar-refractivity contribution in [1.82, 2.24) is 0 Å². The van der Waals surface area contributed by atoms with E-state index >= 15 is 0 Å². The maximum Gasteiger partial charge on any atom is 0.340 e. The van der Waals surface area contributed by atoms with Crippen LogP contribution in [0.3, 0.4) is 0 Å². The number of benzene rings is 1. The minimum Gasteiger partial charge on any atom is -0.458 e. The highest BCUT2D eigenvalue weighted by Crippen LogP contribution is 2.27. The van der Waals surface area contributed by atoms with E-state index in [4.69, 9.17) is 16.2 Å². The summed E-state index contributed by atoms with van der Waals surface area (Å²) in [7, 11) is 0. The highest BCUT2D eigenvalue weighted by Gasteiger charge is 2.25. The van der Waals surface area contributed by atoms with Gasteiger partial charge in [-0.1, -0.05) is 13.3 Å². The summed E-state index contributed by atoms with van der Waals surface area (Å²) in [6, 6.07) is 4.87. The molecule has 1 saturated carbocycles. The Labute approximate surface area is 107 Å². The monoisotopic (exact) mass is 248 g/mol. The first-order valence-electron chi connectivity index (χ1n) is 6.44. The molecule has 0 aliphatic heterocycles. The van der Waals surface area contributed by atoms with E-state index in [-0.39, 0.29) is 12.1 Å². The molecule has 0 radical (unpaired) electrons. The van der Waals surface area contributed by atoms with E-state index in [0.29, 0.717) is 22.9 Å². The van der Waals surface area contributed by atoms with Crippen molar-refractivity contribution in [2.75, 3.05) is 11.5 Å². The van der Waals surface area contributed by atoms with E-state index in [1.165, 1.54) is 6.42 Å². The molecule has 2 atom stereocenters. The second-order valence-electron chi connectivity index (χ2n) is 5.05. The van der Waals surface area contributed by atoms with Crippen molar-refractivity contribution in [2.45, 2.75) is 38.7 Å². The van der Waals surface area contributed by atoms with Crippen LogP contribution < -0.4 is 11.5 Å². The van der Waals surface area contributed by atoms with Gasteiger partial charge in [-0.3, -0.25) is 0 Å². The molecule has 2 rings (SSSR count). The standard InChI is InChI=1S/C14H20N2O2/c1-9-4-2-3-5-13(9)18-14(17)11-7-6-10(15)8-12(11)16/h6-9,13H,2-5,15-16H2,1H3. The van der Waals surface area contributed by atoms with E-state index in [1.54, 1.807) is 18.2 Å². The molecule has 1 aromatic carbocycles. The predicted molar refractivity (Wildman–Crippen MR) is 72.1 cm³/mol. The number of hydrogen-bond donors (Lipinski definition) is 2. The number of carbonyl (C=O) groups excluding carboxylic acids is 1. The average Bonchev–Trinajstić information content (AvgIpc) is 2.32. The van der Waals surface area contributed by atoms with Crippen molar-refractivity contribution in [3.8, 4) is 0 Å². The molecule has 0 bridgehead atoms. The van der Waals surface area contributed by atoms with Crippen molar-refractivity contribution in [3.63, 3.8) is 0 Å². The second-order valence-corrected chi connectivity index (χ2v) is 5.05. The lowest BCUT2D eigenvalue weighted by atomic mass is 9.88. The van der Waals surface area contributed by atoms with Crippen LogP contribution in [0.25, 0.3) is 0 Å². The third kappa shape index (κ3) is 2.75. The molecule has 98 valence electrons. The van der Waals surface area contributed by atoms with Crippen molar-refractivity contribution in [3.05, 3.63) is 23.8 Å². The van der Waals surface area contributed by atoms with Gasteiger partial charge >= 0.3 is 5.97 Å². The Morgan fingerprint density at radius 2 is 2.00 bits per heavy atom. The van der Waals surface area contributed by atoms with Crippen LogP contribution in [0.4, 0.5) is 11.4 Å². The third-order valence-electron chi connectivity index (χ3n) is 3.59. The Bertz CT molecular complexity index is 445. The smallest absolute Gasteiger partial charge is 0.340 e. The molecule has 0 amide bonds. The van der Waals surface area contributed by atoms with E-state index in [0.717, 1.165) is 19.3 Å². The zero-order valence-corrected chi connectivity index (χ0v) is 10.7. The first kappa shape index (κ1) is 12.7. The lowest BCUT2D eigenvalue weighted by Crippen LogP contribution is -2.28. The van der Waals surface area contributed by atoms with E-state index in [2.05, 4.69) is 6.92 Å². The molecule has 1 aliphatic rings. The average molecular weight is 248 g/mol. The van der Waals surface area contributed by atoms with Gasteiger partial charge in [-0.15, -0.1) is 0 Å². The van der Waals surface area contributed by atoms with Crippen LogP contribution in [0.2, 0.25) is 0 Å². The Kier molecular flexibility index (Phi) is 3.75. The van der Waals surface area contributed by atoms with Gasteiger partial charge in [0.25, 0.3) is 0 Å². The summed E-state index contributed by atoms with van der Waals surface area (Å²) in [6.07, 6.45) is 4.43. The molecule has 4 nitrogen and oxygen atoms in total. The molecule has 1 fully saturated rings. The molecule has 4 heteroatoms. The number of ether oxygens (including phenoxy) is 1. The normalized spacial score (nSPS) is 23.6. The second kappa shape index (κ2) is 5.29. The maximum absolute atomic E-state index is 12.0. The number of hydrogen-bond acceptors (Lipinski definition) is 4. The summed E-state index contributed by atoms with van der Waals surface area (Å²) < 4.78 is 5.55. The number of carbonyl (C=O) groups is 1. The van der Waals surface area contributed by atoms with Crippen LogP contribution in [0.5, 0.6) is 0 Å². The lowest BCUT2D eigenvalue weighted by molar-refractivity contribution is 0.00493. The van der Waals surface area contributed by atoms with Crippen LogP contribution in [-0.2, 0) is 4.74 Å². The van der Waals surface area contributed by atoms with E-state index in [9.17, 15) is 4.79 Å². The van der Waals surface area contributed by atoms with Gasteiger partial charge in [0.2, 0.25) is 0 Å². The summed E-state index contributed by atoms with van der Waals surface area (Å²) in [4.78, 5) is 12.0. The molecule has 1 aromatic rings. The van der Waals surface area contributed by atoms with Gasteiger partial charge in [0.1, 0.15) is 6.10 Å². The Hall–Kier alpha value is -1.71. The summed E-state index contributed by atoms with van der Waals surface area (Å²) in [6.45, 7) is 2.13. The molecular weight excluding hydrogens is 228 g/mol. The van der Waals surface area contributed by atoms with Gasteiger partial charge in [-0.05, 0) is 43.4 Å². The number of anilines is 2. The first-order chi connectivity index (χ1) is 8.58. The van der Waals surface area contributed by atoms with Gasteiger partial charge in [-0.2, -0.15) is 0 Å². The Morgan fingerprint density at radius 3 is 2.67 bits per heavy atom. The number of rotatable bonds is 2. The summed E-state index contributed by atoms with van der Waals surface area (Å²) in [5.74, 6) is 0.0870. The van der Waals surface area contributed by atoms with Gasteiger partial charge in [-0.25, -0.2) is 4.79 Å². The predicted octanol–water partition coefficient (Wildman–Crippen LogP) is 2.59. The molecule has 0 heterocycles. The topological polar surface area (TPSA) is 78.3 Å². The largest absolute Gasteiger partial charge is 0.458 e. The van der Waals surface area contributed by atoms with Gasteiger partial charge in [0, 0.05) is 11.4 Å². The number of nitrogen functional groups attached to an aromatic ring is 2. The summed E-state index contributed by atoms with van der Waals surface area (Å²) in [5, 5.41) is 0. The highest BCUT2D eigenvalue weighted by atomic mass is 16.5. The SMILES string of the molecule is CC1CCCCC1OC(=O)c1ccc(N)cc1N. The van der Waals surface area contributed by atoms with Crippen molar-refractivity contribution in [1.29, 1.82) is 0 Å². The van der Waals surface area contributed by atoms with Crippen molar-refractivity contribution >= 4 is 17.3 Å². The third-order valence-corrected chi connectivity index (χ3v) is 3.59. The minimum atomic E-state index is -0.341. The molecule has 2 unspecified atom stereocenters. The molecular formula is C14H20N2O2. The van der Waals surface area contributed by atoms with Crippen LogP contribution in [-0.4, -0.2) is 12.1 Å². The minimum absolute atomic E-state index is 0.0169. The van der Waals surface area contributed by atoms with Crippen LogP contribution in [0.1, 0.15) is 43.0 Å². The first-order valence-corrected chi connectivity index (χ1v) is 6.44. The summed E-state index contributed by atoms with van der Waals surface area (Å²) in [5.41, 5.74) is 12.7. The number of esters is 1. The lowest BCUT2D eigenvalue weighted by Gasteiger charge is -2.28. The molecule has 18 heavy (non-hydrogen) atoms. The fourth-order valence-electron chi connectivity index (χ4n) is 2.43. The molecule has 0 saturated heterocycles. The fourth-order valence-corrected chi connectivity index (χ4v) is 2.43. The Morgan fingerprint density at radius 1 is 1.28 bits per heavy atom. The zero-order valence-electron chi connectivity index (χ0n) is 10.7. The van der Waals surface area contributed by atoms with Crippen LogP contribution in [0.15, 0.2) is 18.2 Å². The van der Waals surface area contributed by atoms with Gasteiger partial charge in [0.05, 0.1) is 5.56 Å². The van der Waals surface area contributed by atoms with Gasteiger partial charge < -0.3 is 16.2 Å². The van der Waals surface area contributed by atoms with Crippen molar-refractivity contribution in [2.24, 2.45) is 5.92 Å². The molecule has 1 aliphatic carbocycles. The molecule has 4 N–H and O–H groups in total. The molecule has 0 spiro atoms. The van der Waals surface area contributed by atoms with Crippen molar-refractivity contribution < 1.29 is 9.53 Å². The maximum atomic E-state index is 12.0. The number of nitrogens with two attached hydrogens (primary N) is 2. The molecule has 0 aromatic heterocycles. The highest BCUT2D eigenvalue weighted by molar-refractivity contribution is 5.95. The fraction of sp³-hybridized carbons (Fsp3) is 0.500.